The number of hydrogen-bond donors (Lipinski definition) is 1. The fraction of sp³-hybridized carbons (Fsp3) is 0.522. The molecule has 4 rings (SSSR count). The monoisotopic (exact) mass is 424 g/mol. The van der Waals surface area contributed by atoms with Crippen molar-refractivity contribution in [2.45, 2.75) is 64.0 Å². The summed E-state index contributed by atoms with van der Waals surface area (Å²) in [5, 5.41) is 13.3. The number of nitrogens with zero attached hydrogens (tertiary/aromatic N) is 4. The molecule has 0 spiro atoms. The molecule has 2 aliphatic rings. The van der Waals surface area contributed by atoms with Gasteiger partial charge < -0.3 is 14.6 Å². The molecule has 8 heteroatoms. The lowest BCUT2D eigenvalue weighted by Crippen LogP contribution is -2.49. The summed E-state index contributed by atoms with van der Waals surface area (Å²) in [5.74, 6) is -0.647. The van der Waals surface area contributed by atoms with Crippen molar-refractivity contribution in [1.29, 1.82) is 0 Å². The Kier molecular flexibility index (Phi) is 5.41. The van der Waals surface area contributed by atoms with Crippen LogP contribution in [0.1, 0.15) is 58.7 Å². The van der Waals surface area contributed by atoms with E-state index < -0.39 is 23.3 Å². The zero-order chi connectivity index (χ0) is 22.3. The van der Waals surface area contributed by atoms with E-state index in [4.69, 9.17) is 0 Å². The van der Waals surface area contributed by atoms with Crippen LogP contribution in [-0.4, -0.2) is 45.1 Å². The zero-order valence-electron chi connectivity index (χ0n) is 18.2. The van der Waals surface area contributed by atoms with Crippen molar-refractivity contribution < 1.29 is 9.90 Å². The summed E-state index contributed by atoms with van der Waals surface area (Å²) in [6.07, 6.45) is 4.60. The molecule has 1 atom stereocenters. The molecular formula is C23H28N4O4. The molecular weight excluding hydrogens is 396 g/mol. The second kappa shape index (κ2) is 7.90. The quantitative estimate of drug-likeness (QED) is 0.743. The van der Waals surface area contributed by atoms with E-state index in [1.807, 2.05) is 0 Å². The smallest absolute Gasteiger partial charge is 0.315 e. The molecule has 0 radical (unpaired) electrons. The zero-order valence-corrected chi connectivity index (χ0v) is 18.2. The van der Waals surface area contributed by atoms with Crippen LogP contribution in [-0.2, 0) is 18.4 Å². The fourth-order valence-electron chi connectivity index (χ4n) is 5.27. The van der Waals surface area contributed by atoms with E-state index in [1.54, 1.807) is 11.6 Å². The van der Waals surface area contributed by atoms with Crippen LogP contribution in [0, 0.1) is 18.8 Å². The molecule has 2 heterocycles. The number of benzene rings is 1. The van der Waals surface area contributed by atoms with Crippen LogP contribution in [0.15, 0.2) is 28.2 Å². The van der Waals surface area contributed by atoms with E-state index >= 15 is 0 Å². The van der Waals surface area contributed by atoms with Crippen molar-refractivity contribution >= 4 is 5.91 Å². The second-order valence-corrected chi connectivity index (χ2v) is 9.06. The Morgan fingerprint density at radius 3 is 2.42 bits per heavy atom. The third-order valence-corrected chi connectivity index (χ3v) is 6.88. The van der Waals surface area contributed by atoms with E-state index in [-0.39, 0.29) is 24.2 Å². The average Bonchev–Trinajstić information content (AvgIpc) is 3.19. The molecule has 1 fully saturated rings. The SMILES string of the molecule is Cc1cc(C)cc(C2(Cc3nc(=O)c(O)c4n3C[C@H](CN=O)N(C)C4=O)CCCC2)c1. The highest BCUT2D eigenvalue weighted by Crippen LogP contribution is 2.44. The largest absolute Gasteiger partial charge is 0.501 e. The van der Waals surface area contributed by atoms with Gasteiger partial charge in [-0.3, -0.25) is 9.59 Å². The van der Waals surface area contributed by atoms with Gasteiger partial charge >= 0.3 is 5.56 Å². The first-order valence-corrected chi connectivity index (χ1v) is 10.7. The summed E-state index contributed by atoms with van der Waals surface area (Å²) in [7, 11) is 1.56. The predicted molar refractivity (Wildman–Crippen MR) is 116 cm³/mol. The summed E-state index contributed by atoms with van der Waals surface area (Å²) >= 11 is 0. The summed E-state index contributed by atoms with van der Waals surface area (Å²) in [5.41, 5.74) is 2.58. The molecule has 8 nitrogen and oxygen atoms in total. The molecule has 1 aromatic heterocycles. The number of aromatic nitrogens is 2. The molecule has 31 heavy (non-hydrogen) atoms. The Balaban J connectivity index is 1.85. The molecule has 164 valence electrons. The summed E-state index contributed by atoms with van der Waals surface area (Å²) in [6, 6.07) is 6.10. The highest BCUT2D eigenvalue weighted by Gasteiger charge is 2.40. The van der Waals surface area contributed by atoms with Crippen molar-refractivity contribution in [3.8, 4) is 5.75 Å². The number of hydrogen-bond acceptors (Lipinski definition) is 6. The molecule has 1 aliphatic carbocycles. The lowest BCUT2D eigenvalue weighted by Gasteiger charge is -2.37. The van der Waals surface area contributed by atoms with Crippen molar-refractivity contribution in [3.63, 3.8) is 0 Å². The van der Waals surface area contributed by atoms with Crippen LogP contribution in [0.25, 0.3) is 0 Å². The van der Waals surface area contributed by atoms with E-state index in [1.165, 1.54) is 21.6 Å². The van der Waals surface area contributed by atoms with Gasteiger partial charge in [0, 0.05) is 25.4 Å². The lowest BCUT2D eigenvalue weighted by molar-refractivity contribution is 0.0650. The van der Waals surface area contributed by atoms with Gasteiger partial charge in [0.15, 0.2) is 5.69 Å². The Morgan fingerprint density at radius 1 is 1.16 bits per heavy atom. The van der Waals surface area contributed by atoms with Gasteiger partial charge in [-0.15, -0.1) is 0 Å². The first-order chi connectivity index (χ1) is 14.8. The maximum Gasteiger partial charge on any atom is 0.315 e. The van der Waals surface area contributed by atoms with Crippen molar-refractivity contribution in [1.82, 2.24) is 14.5 Å². The Hall–Kier alpha value is -3.03. The van der Waals surface area contributed by atoms with Gasteiger partial charge in [-0.25, -0.2) is 0 Å². The number of rotatable bonds is 5. The standard InChI is InChI=1S/C23H28N4O4/c1-14-8-15(2)10-16(9-14)23(6-4-5-7-23)11-18-25-21(29)20(28)19-22(30)26(3)17(12-24-31)13-27(18)19/h8-10,17,28H,4-7,11-13H2,1-3H3/t17-/m0/s1. The number of carbonyl (C=O) groups is 1. The van der Waals surface area contributed by atoms with Crippen LogP contribution >= 0.6 is 0 Å². The van der Waals surface area contributed by atoms with Crippen LogP contribution in [0.2, 0.25) is 0 Å². The lowest BCUT2D eigenvalue weighted by atomic mass is 9.75. The first-order valence-electron chi connectivity index (χ1n) is 10.7. The minimum absolute atomic E-state index is 0.0479. The second-order valence-electron chi connectivity index (χ2n) is 9.06. The molecule has 0 saturated heterocycles. The molecule has 1 amide bonds. The predicted octanol–water partition coefficient (Wildman–Crippen LogP) is 2.84. The number of likely N-dealkylation sites (N-methyl/N-ethyl adjacent to an activating group) is 1. The Labute approximate surface area is 180 Å². The minimum Gasteiger partial charge on any atom is -0.501 e. The van der Waals surface area contributed by atoms with Gasteiger partial charge in [-0.1, -0.05) is 47.3 Å². The highest BCUT2D eigenvalue weighted by molar-refractivity contribution is 5.95. The number of aromatic hydroxyl groups is 1. The summed E-state index contributed by atoms with van der Waals surface area (Å²) in [4.78, 5) is 41.9. The maximum atomic E-state index is 12.9. The number of fused-ring (bicyclic) bond motifs is 1. The van der Waals surface area contributed by atoms with Gasteiger partial charge in [0.25, 0.3) is 5.91 Å². The average molecular weight is 425 g/mol. The maximum absolute atomic E-state index is 12.9. The fourth-order valence-corrected chi connectivity index (χ4v) is 5.27. The molecule has 1 aromatic carbocycles. The summed E-state index contributed by atoms with van der Waals surface area (Å²) < 4.78 is 1.64. The Bertz CT molecular complexity index is 1080. The van der Waals surface area contributed by atoms with Gasteiger partial charge in [-0.2, -0.15) is 9.89 Å². The third kappa shape index (κ3) is 3.64. The molecule has 1 aliphatic heterocycles. The Morgan fingerprint density at radius 2 is 1.81 bits per heavy atom. The van der Waals surface area contributed by atoms with Gasteiger partial charge in [0.05, 0.1) is 6.04 Å². The molecule has 1 N–H and O–H groups in total. The topological polar surface area (TPSA) is 105 Å². The van der Waals surface area contributed by atoms with Crippen LogP contribution in [0.4, 0.5) is 0 Å². The van der Waals surface area contributed by atoms with E-state index in [0.29, 0.717) is 12.2 Å². The van der Waals surface area contributed by atoms with E-state index in [9.17, 15) is 19.6 Å². The number of nitroso groups, excluding NO2 is 1. The van der Waals surface area contributed by atoms with Gasteiger partial charge in [-0.05, 0) is 32.3 Å². The molecule has 0 bridgehead atoms. The van der Waals surface area contributed by atoms with Crippen molar-refractivity contribution in [2.75, 3.05) is 13.6 Å². The van der Waals surface area contributed by atoms with E-state index in [0.717, 1.165) is 25.7 Å². The minimum atomic E-state index is -0.788. The number of aryl methyl sites for hydroxylation is 2. The van der Waals surface area contributed by atoms with Crippen LogP contribution < -0.4 is 5.56 Å². The molecule has 0 unspecified atom stereocenters. The van der Waals surface area contributed by atoms with Crippen LogP contribution in [0.5, 0.6) is 5.75 Å². The molecule has 1 saturated carbocycles. The first kappa shape index (κ1) is 21.2. The number of carbonyl (C=O) groups excluding carboxylic acids is 1. The third-order valence-electron chi connectivity index (χ3n) is 6.88. The van der Waals surface area contributed by atoms with Gasteiger partial charge in [0.2, 0.25) is 5.75 Å². The highest BCUT2D eigenvalue weighted by atomic mass is 16.3. The number of amides is 1. The molecule has 2 aromatic rings. The normalized spacial score (nSPS) is 20.0. The van der Waals surface area contributed by atoms with E-state index in [2.05, 4.69) is 42.2 Å². The summed E-state index contributed by atoms with van der Waals surface area (Å²) in [6.45, 7) is 4.37. The van der Waals surface area contributed by atoms with Crippen molar-refractivity contribution in [2.24, 2.45) is 5.18 Å². The van der Waals surface area contributed by atoms with Crippen LogP contribution in [0.3, 0.4) is 0 Å². The van der Waals surface area contributed by atoms with Crippen molar-refractivity contribution in [3.05, 3.63) is 61.7 Å². The van der Waals surface area contributed by atoms with Gasteiger partial charge in [0.1, 0.15) is 12.4 Å².